The van der Waals surface area contributed by atoms with E-state index in [-0.39, 0.29) is 6.54 Å². The largest absolute Gasteiger partial charge is 0.370 e. The van der Waals surface area contributed by atoms with E-state index in [0.29, 0.717) is 36.1 Å². The van der Waals surface area contributed by atoms with E-state index in [4.69, 9.17) is 5.73 Å². The highest BCUT2D eigenvalue weighted by molar-refractivity contribution is 7.89. The summed E-state index contributed by atoms with van der Waals surface area (Å²) in [7, 11) is -3.48. The molecular weight excluding hydrogens is 380 g/mol. The molecule has 1 aliphatic rings. The van der Waals surface area contributed by atoms with Crippen LogP contribution in [0.3, 0.4) is 0 Å². The quantitative estimate of drug-likeness (QED) is 0.546. The molecule has 2 aromatic rings. The van der Waals surface area contributed by atoms with Crippen LogP contribution in [0, 0.1) is 0 Å². The second-order valence-corrected chi connectivity index (χ2v) is 9.47. The molecular formula is C19H26N4O2S2. The number of piperidine rings is 1. The van der Waals surface area contributed by atoms with E-state index in [0.717, 1.165) is 25.7 Å². The van der Waals surface area contributed by atoms with Gasteiger partial charge in [0.2, 0.25) is 10.0 Å². The van der Waals surface area contributed by atoms with Crippen molar-refractivity contribution in [3.8, 4) is 0 Å². The van der Waals surface area contributed by atoms with Crippen molar-refractivity contribution in [3.63, 3.8) is 0 Å². The van der Waals surface area contributed by atoms with Crippen molar-refractivity contribution in [2.75, 3.05) is 19.6 Å². The second kappa shape index (κ2) is 9.34. The zero-order valence-electron chi connectivity index (χ0n) is 15.3. The number of nitrogens with two attached hydrogens (primary N) is 1. The molecule has 3 rings (SSSR count). The predicted octanol–water partition coefficient (Wildman–Crippen LogP) is 2.57. The summed E-state index contributed by atoms with van der Waals surface area (Å²) in [5.74, 6) is 0.330. The molecule has 0 saturated carbocycles. The van der Waals surface area contributed by atoms with Gasteiger partial charge < -0.3 is 11.1 Å². The van der Waals surface area contributed by atoms with Crippen LogP contribution in [-0.4, -0.2) is 38.3 Å². The van der Waals surface area contributed by atoms with Crippen LogP contribution in [0.15, 0.2) is 51.7 Å². The number of hydrogen-bond donors (Lipinski definition) is 2. The Morgan fingerprint density at radius 2 is 1.93 bits per heavy atom. The first-order valence-electron chi connectivity index (χ1n) is 9.21. The Morgan fingerprint density at radius 1 is 1.15 bits per heavy atom. The average molecular weight is 407 g/mol. The predicted molar refractivity (Wildman–Crippen MR) is 110 cm³/mol. The smallest absolute Gasteiger partial charge is 0.243 e. The molecule has 0 aliphatic carbocycles. The lowest BCUT2D eigenvalue weighted by Gasteiger charge is -2.26. The van der Waals surface area contributed by atoms with Crippen molar-refractivity contribution in [3.05, 3.63) is 52.2 Å². The molecule has 1 aromatic carbocycles. The third-order valence-electron chi connectivity index (χ3n) is 4.58. The van der Waals surface area contributed by atoms with Gasteiger partial charge in [0.1, 0.15) is 0 Å². The average Bonchev–Trinajstić information content (AvgIpc) is 3.21. The van der Waals surface area contributed by atoms with Gasteiger partial charge in [-0.3, -0.25) is 0 Å². The molecule has 0 bridgehead atoms. The van der Waals surface area contributed by atoms with Gasteiger partial charge in [-0.25, -0.2) is 13.4 Å². The number of benzene rings is 1. The van der Waals surface area contributed by atoms with Crippen LogP contribution in [0.2, 0.25) is 0 Å². The first-order valence-corrected chi connectivity index (χ1v) is 11.5. The van der Waals surface area contributed by atoms with E-state index >= 15 is 0 Å². The molecule has 0 atom stereocenters. The molecule has 3 N–H and O–H groups in total. The number of nitrogens with one attached hydrogen (secondary N) is 1. The number of nitrogens with zero attached hydrogens (tertiary/aromatic N) is 2. The topological polar surface area (TPSA) is 87.8 Å². The zero-order chi connectivity index (χ0) is 19.1. The highest BCUT2D eigenvalue weighted by Gasteiger charge is 2.27. The van der Waals surface area contributed by atoms with Crippen molar-refractivity contribution >= 4 is 27.3 Å². The molecule has 8 heteroatoms. The third kappa shape index (κ3) is 5.31. The van der Waals surface area contributed by atoms with E-state index < -0.39 is 10.0 Å². The molecule has 2 heterocycles. The number of hydrogen-bond acceptors (Lipinski definition) is 4. The molecule has 146 valence electrons. The minimum absolute atomic E-state index is 0.237. The summed E-state index contributed by atoms with van der Waals surface area (Å²) in [6, 6.07) is 11.2. The monoisotopic (exact) mass is 406 g/mol. The van der Waals surface area contributed by atoms with Gasteiger partial charge in [0, 0.05) is 24.5 Å². The van der Waals surface area contributed by atoms with E-state index in [1.165, 1.54) is 4.88 Å². The van der Waals surface area contributed by atoms with Crippen LogP contribution in [0.4, 0.5) is 0 Å². The summed E-state index contributed by atoms with van der Waals surface area (Å²) < 4.78 is 27.6. The van der Waals surface area contributed by atoms with Gasteiger partial charge in [-0.1, -0.05) is 30.7 Å². The van der Waals surface area contributed by atoms with Crippen molar-refractivity contribution in [1.29, 1.82) is 0 Å². The molecule has 1 saturated heterocycles. The Hall–Kier alpha value is -1.90. The van der Waals surface area contributed by atoms with E-state index in [9.17, 15) is 8.42 Å². The number of rotatable bonds is 7. The van der Waals surface area contributed by atoms with Crippen molar-refractivity contribution < 1.29 is 8.42 Å². The van der Waals surface area contributed by atoms with Gasteiger partial charge in [-0.2, -0.15) is 4.31 Å². The Bertz CT molecular complexity index is 858. The molecule has 0 spiro atoms. The maximum atomic E-state index is 13.0. The maximum absolute atomic E-state index is 13.0. The fourth-order valence-electron chi connectivity index (χ4n) is 3.13. The molecule has 1 aromatic heterocycles. The number of aliphatic imine (C=N–C) groups is 1. The molecule has 1 fully saturated rings. The summed E-state index contributed by atoms with van der Waals surface area (Å²) >= 11 is 1.71. The van der Waals surface area contributed by atoms with Crippen LogP contribution in [0.1, 0.15) is 29.7 Å². The highest BCUT2D eigenvalue weighted by atomic mass is 32.2. The summed E-state index contributed by atoms with van der Waals surface area (Å²) in [6.07, 6.45) is 3.81. The second-order valence-electron chi connectivity index (χ2n) is 6.53. The number of thiophene rings is 1. The molecule has 0 amide bonds. The number of guanidine groups is 1. The van der Waals surface area contributed by atoms with Crippen LogP contribution >= 0.6 is 11.3 Å². The molecule has 0 radical (unpaired) electrons. The Balaban J connectivity index is 1.64. The highest BCUT2D eigenvalue weighted by Crippen LogP contribution is 2.24. The van der Waals surface area contributed by atoms with Gasteiger partial charge in [-0.05, 0) is 42.3 Å². The standard InChI is InChI=1S/C19H26N4O2S2/c20-19(21-11-10-17-8-6-14-26-17)22-15-16-7-2-3-9-18(16)27(24,25)23-12-4-1-5-13-23/h2-3,6-9,14H,1,4-5,10-13,15H2,(H3,20,21,22). The van der Waals surface area contributed by atoms with Gasteiger partial charge in [0.25, 0.3) is 0 Å². The van der Waals surface area contributed by atoms with Crippen LogP contribution in [0.25, 0.3) is 0 Å². The summed E-state index contributed by atoms with van der Waals surface area (Å²) in [5, 5.41) is 5.14. The van der Waals surface area contributed by atoms with Crippen LogP contribution < -0.4 is 11.1 Å². The van der Waals surface area contributed by atoms with E-state index in [1.807, 2.05) is 17.5 Å². The zero-order valence-corrected chi connectivity index (χ0v) is 16.9. The summed E-state index contributed by atoms with van der Waals surface area (Å²) in [6.45, 7) is 2.11. The van der Waals surface area contributed by atoms with Gasteiger partial charge >= 0.3 is 0 Å². The summed E-state index contributed by atoms with van der Waals surface area (Å²) in [4.78, 5) is 5.96. The van der Waals surface area contributed by atoms with Crippen LogP contribution in [0.5, 0.6) is 0 Å². The normalized spacial score (nSPS) is 16.4. The lowest BCUT2D eigenvalue weighted by Crippen LogP contribution is -2.36. The van der Waals surface area contributed by atoms with Crippen molar-refractivity contribution in [1.82, 2.24) is 9.62 Å². The SMILES string of the molecule is NC(=NCc1ccccc1S(=O)(=O)N1CCCCC1)NCCc1cccs1. The molecule has 27 heavy (non-hydrogen) atoms. The fourth-order valence-corrected chi connectivity index (χ4v) is 5.57. The Morgan fingerprint density at radius 3 is 2.67 bits per heavy atom. The third-order valence-corrected chi connectivity index (χ3v) is 7.52. The van der Waals surface area contributed by atoms with E-state index in [2.05, 4.69) is 16.4 Å². The van der Waals surface area contributed by atoms with Crippen molar-refractivity contribution in [2.24, 2.45) is 10.7 Å². The van der Waals surface area contributed by atoms with E-state index in [1.54, 1.807) is 33.8 Å². The lowest BCUT2D eigenvalue weighted by molar-refractivity contribution is 0.346. The van der Waals surface area contributed by atoms with Crippen molar-refractivity contribution in [2.45, 2.75) is 37.1 Å². The first kappa shape index (κ1) is 19.9. The first-order chi connectivity index (χ1) is 13.1. The minimum Gasteiger partial charge on any atom is -0.370 e. The van der Waals surface area contributed by atoms with Gasteiger partial charge in [0.15, 0.2) is 5.96 Å². The molecule has 6 nitrogen and oxygen atoms in total. The lowest BCUT2D eigenvalue weighted by atomic mass is 10.2. The van der Waals surface area contributed by atoms with Gasteiger partial charge in [-0.15, -0.1) is 11.3 Å². The maximum Gasteiger partial charge on any atom is 0.243 e. The minimum atomic E-state index is -3.48. The number of sulfonamides is 1. The Kier molecular flexibility index (Phi) is 6.87. The fraction of sp³-hybridized carbons (Fsp3) is 0.421. The molecule has 1 aliphatic heterocycles. The van der Waals surface area contributed by atoms with Gasteiger partial charge in [0.05, 0.1) is 11.4 Å². The summed E-state index contributed by atoms with van der Waals surface area (Å²) in [5.41, 5.74) is 6.62. The Labute approximate surface area is 165 Å². The molecule has 0 unspecified atom stereocenters. The van der Waals surface area contributed by atoms with Crippen LogP contribution in [-0.2, 0) is 23.0 Å².